The number of pyridine rings is 1. The molecule has 2 heterocycles. The third kappa shape index (κ3) is 5.03. The number of nitrogens with one attached hydrogen (secondary N) is 1. The first kappa shape index (κ1) is 18.4. The normalized spacial score (nSPS) is 18.2. The minimum Gasteiger partial charge on any atom is -0.474 e. The van der Waals surface area contributed by atoms with Gasteiger partial charge in [-0.25, -0.2) is 4.98 Å². The van der Waals surface area contributed by atoms with Crippen molar-refractivity contribution >= 4 is 17.7 Å². The number of amides is 3. The van der Waals surface area contributed by atoms with Crippen molar-refractivity contribution in [3.05, 3.63) is 23.9 Å². The van der Waals surface area contributed by atoms with Crippen molar-refractivity contribution in [1.82, 2.24) is 15.2 Å². The van der Waals surface area contributed by atoms with Crippen LogP contribution in [0, 0.1) is 0 Å². The Kier molecular flexibility index (Phi) is 6.20. The Morgan fingerprint density at radius 3 is 2.65 bits per heavy atom. The van der Waals surface area contributed by atoms with Crippen LogP contribution in [-0.2, 0) is 20.9 Å². The number of rotatable bonds is 7. The molecule has 1 saturated carbocycles. The van der Waals surface area contributed by atoms with Crippen LogP contribution < -0.4 is 10.1 Å². The average Bonchev–Trinajstić information content (AvgIpc) is 2.97. The van der Waals surface area contributed by atoms with E-state index >= 15 is 0 Å². The standard InChI is InChI=1S/C19H25N3O4/c23-16(9-11-22-18(24)6-7-19(22)25)21-13-14-8-10-20-17(12-14)26-15-4-2-1-3-5-15/h8,10,12,15H,1-7,9,11,13H2,(H,21,23). The molecular weight excluding hydrogens is 334 g/mol. The highest BCUT2D eigenvalue weighted by atomic mass is 16.5. The largest absolute Gasteiger partial charge is 0.474 e. The molecule has 3 amide bonds. The summed E-state index contributed by atoms with van der Waals surface area (Å²) in [5, 5.41) is 2.81. The van der Waals surface area contributed by atoms with Crippen LogP contribution in [0.4, 0.5) is 0 Å². The van der Waals surface area contributed by atoms with Crippen molar-refractivity contribution in [3.8, 4) is 5.88 Å². The summed E-state index contributed by atoms with van der Waals surface area (Å²) in [6.07, 6.45) is 8.33. The van der Waals surface area contributed by atoms with E-state index in [9.17, 15) is 14.4 Å². The number of carbonyl (C=O) groups excluding carboxylic acids is 3. The summed E-state index contributed by atoms with van der Waals surface area (Å²) in [7, 11) is 0. The maximum atomic E-state index is 12.0. The monoisotopic (exact) mass is 359 g/mol. The lowest BCUT2D eigenvalue weighted by Gasteiger charge is -2.22. The molecule has 3 rings (SSSR count). The van der Waals surface area contributed by atoms with E-state index in [1.54, 1.807) is 6.20 Å². The second-order valence-electron chi connectivity index (χ2n) is 6.85. The fourth-order valence-electron chi connectivity index (χ4n) is 3.35. The summed E-state index contributed by atoms with van der Waals surface area (Å²) in [6, 6.07) is 3.68. The van der Waals surface area contributed by atoms with Gasteiger partial charge < -0.3 is 10.1 Å². The Morgan fingerprint density at radius 1 is 1.19 bits per heavy atom. The number of hydrogen-bond donors (Lipinski definition) is 1. The van der Waals surface area contributed by atoms with Crippen molar-refractivity contribution < 1.29 is 19.1 Å². The lowest BCUT2D eigenvalue weighted by atomic mass is 9.98. The van der Waals surface area contributed by atoms with Crippen LogP contribution in [0.2, 0.25) is 0 Å². The number of aromatic nitrogens is 1. The molecule has 0 unspecified atom stereocenters. The van der Waals surface area contributed by atoms with Crippen molar-refractivity contribution in [2.24, 2.45) is 0 Å². The molecular formula is C19H25N3O4. The van der Waals surface area contributed by atoms with Crippen LogP contribution in [0.1, 0.15) is 56.9 Å². The van der Waals surface area contributed by atoms with Gasteiger partial charge in [0.1, 0.15) is 6.10 Å². The van der Waals surface area contributed by atoms with E-state index in [4.69, 9.17) is 4.74 Å². The predicted octanol–water partition coefficient (Wildman–Crippen LogP) is 1.95. The maximum absolute atomic E-state index is 12.0. The van der Waals surface area contributed by atoms with E-state index in [1.807, 2.05) is 12.1 Å². The Morgan fingerprint density at radius 2 is 1.92 bits per heavy atom. The molecule has 26 heavy (non-hydrogen) atoms. The summed E-state index contributed by atoms with van der Waals surface area (Å²) < 4.78 is 5.94. The molecule has 1 N–H and O–H groups in total. The van der Waals surface area contributed by atoms with E-state index in [-0.39, 0.29) is 49.6 Å². The van der Waals surface area contributed by atoms with E-state index in [1.165, 1.54) is 24.2 Å². The molecule has 1 saturated heterocycles. The van der Waals surface area contributed by atoms with Crippen LogP contribution in [-0.4, -0.2) is 40.3 Å². The number of likely N-dealkylation sites (tertiary alicyclic amines) is 1. The number of imide groups is 1. The van der Waals surface area contributed by atoms with Crippen LogP contribution in [0.25, 0.3) is 0 Å². The number of nitrogens with zero attached hydrogens (tertiary/aromatic N) is 2. The second-order valence-corrected chi connectivity index (χ2v) is 6.85. The topological polar surface area (TPSA) is 88.6 Å². The van der Waals surface area contributed by atoms with Crippen molar-refractivity contribution in [2.75, 3.05) is 6.54 Å². The molecule has 0 spiro atoms. The maximum Gasteiger partial charge on any atom is 0.229 e. The average molecular weight is 359 g/mol. The second kappa shape index (κ2) is 8.78. The third-order valence-electron chi connectivity index (χ3n) is 4.85. The summed E-state index contributed by atoms with van der Waals surface area (Å²) >= 11 is 0. The van der Waals surface area contributed by atoms with Crippen molar-refractivity contribution in [3.63, 3.8) is 0 Å². The summed E-state index contributed by atoms with van der Waals surface area (Å²) in [4.78, 5) is 40.5. The van der Waals surface area contributed by atoms with E-state index < -0.39 is 0 Å². The Bertz CT molecular complexity index is 655. The highest BCUT2D eigenvalue weighted by Crippen LogP contribution is 2.22. The summed E-state index contributed by atoms with van der Waals surface area (Å²) in [6.45, 7) is 0.514. The summed E-state index contributed by atoms with van der Waals surface area (Å²) in [5.41, 5.74) is 0.910. The van der Waals surface area contributed by atoms with Crippen LogP contribution in [0.5, 0.6) is 5.88 Å². The van der Waals surface area contributed by atoms with Gasteiger partial charge in [-0.2, -0.15) is 0 Å². The molecule has 1 aliphatic heterocycles. The first-order chi connectivity index (χ1) is 12.6. The Labute approximate surface area is 153 Å². The Hall–Kier alpha value is -2.44. The van der Waals surface area contributed by atoms with E-state index in [2.05, 4.69) is 10.3 Å². The van der Waals surface area contributed by atoms with E-state index in [0.29, 0.717) is 12.4 Å². The lowest BCUT2D eigenvalue weighted by Crippen LogP contribution is -2.34. The molecule has 1 aromatic heterocycles. The highest BCUT2D eigenvalue weighted by Gasteiger charge is 2.28. The van der Waals surface area contributed by atoms with Gasteiger partial charge in [-0.1, -0.05) is 6.42 Å². The molecule has 140 valence electrons. The third-order valence-corrected chi connectivity index (χ3v) is 4.85. The molecule has 7 heteroatoms. The van der Waals surface area contributed by atoms with Gasteiger partial charge in [0.05, 0.1) is 0 Å². The zero-order chi connectivity index (χ0) is 18.4. The minimum absolute atomic E-state index is 0.119. The van der Waals surface area contributed by atoms with Crippen molar-refractivity contribution in [2.45, 2.75) is 64.0 Å². The quantitative estimate of drug-likeness (QED) is 0.752. The van der Waals surface area contributed by atoms with Crippen LogP contribution >= 0.6 is 0 Å². The van der Waals surface area contributed by atoms with Crippen LogP contribution in [0.3, 0.4) is 0 Å². The molecule has 1 aromatic rings. The fraction of sp³-hybridized carbons (Fsp3) is 0.579. The van der Waals surface area contributed by atoms with Gasteiger partial charge in [0.15, 0.2) is 0 Å². The van der Waals surface area contributed by atoms with Gasteiger partial charge in [-0.3, -0.25) is 19.3 Å². The van der Waals surface area contributed by atoms with Gasteiger partial charge in [0.2, 0.25) is 23.6 Å². The van der Waals surface area contributed by atoms with Gasteiger partial charge in [0, 0.05) is 44.6 Å². The lowest BCUT2D eigenvalue weighted by molar-refractivity contribution is -0.138. The van der Waals surface area contributed by atoms with Gasteiger partial charge >= 0.3 is 0 Å². The molecule has 7 nitrogen and oxygen atoms in total. The van der Waals surface area contributed by atoms with Gasteiger partial charge in [-0.15, -0.1) is 0 Å². The van der Waals surface area contributed by atoms with Crippen molar-refractivity contribution in [1.29, 1.82) is 0 Å². The zero-order valence-electron chi connectivity index (χ0n) is 14.9. The molecule has 0 bridgehead atoms. The molecule has 2 fully saturated rings. The summed E-state index contributed by atoms with van der Waals surface area (Å²) in [5.74, 6) is 0.0174. The molecule has 0 aromatic carbocycles. The zero-order valence-corrected chi connectivity index (χ0v) is 14.9. The molecule has 1 aliphatic carbocycles. The first-order valence-corrected chi connectivity index (χ1v) is 9.33. The number of ether oxygens (including phenoxy) is 1. The van der Waals surface area contributed by atoms with Gasteiger partial charge in [0.25, 0.3) is 0 Å². The predicted molar refractivity (Wildman–Crippen MR) is 94.2 cm³/mol. The minimum atomic E-state index is -0.193. The highest BCUT2D eigenvalue weighted by molar-refractivity contribution is 6.02. The molecule has 0 atom stereocenters. The first-order valence-electron chi connectivity index (χ1n) is 9.33. The van der Waals surface area contributed by atoms with Crippen LogP contribution in [0.15, 0.2) is 18.3 Å². The SMILES string of the molecule is O=C(CCN1C(=O)CCC1=O)NCc1ccnc(OC2CCCCC2)c1. The molecule has 2 aliphatic rings. The number of carbonyl (C=O) groups is 3. The van der Waals surface area contributed by atoms with Gasteiger partial charge in [-0.05, 0) is 37.3 Å². The fourth-order valence-corrected chi connectivity index (χ4v) is 3.35. The van der Waals surface area contributed by atoms with E-state index in [0.717, 1.165) is 18.4 Å². The molecule has 0 radical (unpaired) electrons. The Balaban J connectivity index is 1.43. The smallest absolute Gasteiger partial charge is 0.229 e. The number of hydrogen-bond acceptors (Lipinski definition) is 5.